The third kappa shape index (κ3) is 17.3. The maximum absolute atomic E-state index is 11.4. The number of nitrogens with one attached hydrogen (secondary N) is 1. The van der Waals surface area contributed by atoms with Crippen molar-refractivity contribution in [2.45, 2.75) is 78.0 Å². The fourth-order valence-corrected chi connectivity index (χ4v) is 3.10. The van der Waals surface area contributed by atoms with Gasteiger partial charge in [-0.2, -0.15) is 0 Å². The fourth-order valence-electron chi connectivity index (χ4n) is 3.10. The molecule has 12 nitrogen and oxygen atoms in total. The first-order chi connectivity index (χ1) is 20.5. The van der Waals surface area contributed by atoms with Crippen LogP contribution in [0.25, 0.3) is 0 Å². The molecule has 0 spiro atoms. The molecule has 0 radical (unpaired) electrons. The first-order valence-electron chi connectivity index (χ1n) is 14.0. The molecular weight excluding hydrogens is 560 g/mol. The Balaban J connectivity index is 0.000000339. The van der Waals surface area contributed by atoms with Gasteiger partial charge in [0.25, 0.3) is 0 Å². The van der Waals surface area contributed by atoms with Crippen LogP contribution < -0.4 is 11.1 Å². The predicted molar refractivity (Wildman–Crippen MR) is 156 cm³/mol. The lowest BCUT2D eigenvalue weighted by Gasteiger charge is -2.22. The summed E-state index contributed by atoms with van der Waals surface area (Å²) in [6.45, 7) is 5.84. The molecule has 2 aromatic rings. The molecule has 0 unspecified atom stereocenters. The number of ether oxygens (including phenoxy) is 4. The van der Waals surface area contributed by atoms with Gasteiger partial charge in [-0.3, -0.25) is 14.4 Å². The van der Waals surface area contributed by atoms with Gasteiger partial charge in [0, 0.05) is 19.4 Å². The molecule has 4 N–H and O–H groups in total. The summed E-state index contributed by atoms with van der Waals surface area (Å²) < 4.78 is 19.3. The number of esters is 4. The molecule has 1 saturated heterocycles. The zero-order valence-corrected chi connectivity index (χ0v) is 24.9. The quantitative estimate of drug-likeness (QED) is 0.184. The molecule has 1 aliphatic heterocycles. The van der Waals surface area contributed by atoms with E-state index in [2.05, 4.69) is 14.8 Å². The summed E-state index contributed by atoms with van der Waals surface area (Å²) in [6.07, 6.45) is -0.687. The molecule has 236 valence electrons. The van der Waals surface area contributed by atoms with Crippen LogP contribution in [0.1, 0.15) is 57.6 Å². The molecule has 3 atom stereocenters. The van der Waals surface area contributed by atoms with Gasteiger partial charge in [-0.15, -0.1) is 0 Å². The van der Waals surface area contributed by atoms with Gasteiger partial charge in [-0.25, -0.2) is 9.59 Å². The van der Waals surface area contributed by atoms with Gasteiger partial charge >= 0.3 is 23.9 Å². The van der Waals surface area contributed by atoms with Gasteiger partial charge in [0.2, 0.25) is 5.91 Å². The number of nitrogens with two attached hydrogens (primary N) is 1. The standard InChI is InChI=1S/C14H19NO4.C11H15NO2.C6H8O4/c1-11(16)14(18)15-9-5-8-13(17)19-10-12-6-3-2-4-7-12;12-8-4-7-11(13)14-9-10-5-2-1-3-6-10;1-3-5(7)10-4(2)6(8)9-3/h2-4,6-7,11,16H,5,8-10H2,1H3,(H,15,18);1-3,5-6H,4,7-9,12H2;3-4H,1-2H3/t11-;;3-,4-/m0.0/s1. The van der Waals surface area contributed by atoms with Crippen molar-refractivity contribution in [3.05, 3.63) is 71.8 Å². The van der Waals surface area contributed by atoms with Crippen LogP contribution in [0.2, 0.25) is 0 Å². The monoisotopic (exact) mass is 602 g/mol. The highest BCUT2D eigenvalue weighted by Crippen LogP contribution is 2.08. The molecule has 2 aromatic carbocycles. The summed E-state index contributed by atoms with van der Waals surface area (Å²) in [6, 6.07) is 19.1. The SMILES string of the molecule is C[C@@H]1OC(=O)[C@H](C)OC1=O.C[C@H](O)C(=O)NCCCC(=O)OCc1ccccc1.NCCCC(=O)OCc1ccccc1. The molecule has 1 heterocycles. The van der Waals surface area contributed by atoms with E-state index in [1.807, 2.05) is 60.7 Å². The van der Waals surface area contributed by atoms with Crippen LogP contribution in [0.3, 0.4) is 0 Å². The van der Waals surface area contributed by atoms with E-state index < -0.39 is 36.2 Å². The van der Waals surface area contributed by atoms with Gasteiger partial charge in [0.1, 0.15) is 19.3 Å². The Kier molecular flexibility index (Phi) is 18.3. The molecule has 0 bridgehead atoms. The average molecular weight is 603 g/mol. The highest BCUT2D eigenvalue weighted by molar-refractivity contribution is 5.86. The molecule has 0 saturated carbocycles. The van der Waals surface area contributed by atoms with E-state index in [4.69, 9.17) is 20.3 Å². The number of amides is 1. The molecule has 3 rings (SSSR count). The summed E-state index contributed by atoms with van der Waals surface area (Å²) in [5.74, 6) is -1.87. The van der Waals surface area contributed by atoms with Crippen molar-refractivity contribution in [1.29, 1.82) is 0 Å². The molecular formula is C31H42N2O10. The number of carbonyl (C=O) groups is 5. The van der Waals surface area contributed by atoms with Gasteiger partial charge in [0.15, 0.2) is 12.2 Å². The lowest BCUT2D eigenvalue weighted by molar-refractivity contribution is -0.191. The van der Waals surface area contributed by atoms with Crippen molar-refractivity contribution in [3.63, 3.8) is 0 Å². The van der Waals surface area contributed by atoms with Crippen LogP contribution in [0.4, 0.5) is 0 Å². The highest BCUT2D eigenvalue weighted by atomic mass is 16.6. The summed E-state index contributed by atoms with van der Waals surface area (Å²) in [4.78, 5) is 54.8. The number of carbonyl (C=O) groups excluding carboxylic acids is 5. The number of hydrogen-bond acceptors (Lipinski definition) is 11. The van der Waals surface area contributed by atoms with Crippen LogP contribution in [-0.4, -0.2) is 66.3 Å². The predicted octanol–water partition coefficient (Wildman–Crippen LogP) is 2.34. The molecule has 43 heavy (non-hydrogen) atoms. The maximum atomic E-state index is 11.4. The summed E-state index contributed by atoms with van der Waals surface area (Å²) in [5, 5.41) is 11.5. The van der Waals surface area contributed by atoms with Crippen molar-refractivity contribution in [2.75, 3.05) is 13.1 Å². The topological polar surface area (TPSA) is 181 Å². The van der Waals surface area contributed by atoms with E-state index >= 15 is 0 Å². The normalized spacial score (nSPS) is 16.0. The second-order valence-corrected chi connectivity index (χ2v) is 9.41. The second kappa shape index (κ2) is 21.4. The molecule has 1 aliphatic rings. The number of cyclic esters (lactones) is 2. The van der Waals surface area contributed by atoms with Gasteiger partial charge in [0.05, 0.1) is 0 Å². The Hall–Kier alpha value is -4.29. The number of rotatable bonds is 12. The minimum Gasteiger partial charge on any atom is -0.461 e. The molecule has 1 fully saturated rings. The summed E-state index contributed by atoms with van der Waals surface area (Å²) in [5.41, 5.74) is 7.23. The largest absolute Gasteiger partial charge is 0.461 e. The third-order valence-electron chi connectivity index (χ3n) is 5.56. The highest BCUT2D eigenvalue weighted by Gasteiger charge is 2.32. The minimum atomic E-state index is -1.02. The van der Waals surface area contributed by atoms with Crippen molar-refractivity contribution in [1.82, 2.24) is 5.32 Å². The van der Waals surface area contributed by atoms with Crippen molar-refractivity contribution >= 4 is 29.8 Å². The van der Waals surface area contributed by atoms with Crippen LogP contribution in [0.5, 0.6) is 0 Å². The van der Waals surface area contributed by atoms with E-state index in [0.29, 0.717) is 39.0 Å². The maximum Gasteiger partial charge on any atom is 0.347 e. The number of hydrogen-bond donors (Lipinski definition) is 3. The van der Waals surface area contributed by atoms with Crippen LogP contribution in [0.15, 0.2) is 60.7 Å². The summed E-state index contributed by atoms with van der Waals surface area (Å²) in [7, 11) is 0. The Morgan fingerprint density at radius 2 is 1.23 bits per heavy atom. The molecule has 0 aromatic heterocycles. The van der Waals surface area contributed by atoms with Gasteiger partial charge in [-0.1, -0.05) is 60.7 Å². The zero-order valence-electron chi connectivity index (χ0n) is 24.9. The Morgan fingerprint density at radius 1 is 0.814 bits per heavy atom. The van der Waals surface area contributed by atoms with Crippen LogP contribution in [-0.2, 0) is 56.1 Å². The van der Waals surface area contributed by atoms with Crippen LogP contribution in [0, 0.1) is 0 Å². The van der Waals surface area contributed by atoms with Gasteiger partial charge in [-0.05, 0) is 51.3 Å². The molecule has 1 amide bonds. The summed E-state index contributed by atoms with van der Waals surface area (Å²) >= 11 is 0. The lowest BCUT2D eigenvalue weighted by atomic mass is 10.2. The Bertz CT molecular complexity index is 1110. The van der Waals surface area contributed by atoms with E-state index in [1.54, 1.807) is 0 Å². The van der Waals surface area contributed by atoms with Gasteiger partial charge < -0.3 is 35.1 Å². The van der Waals surface area contributed by atoms with E-state index in [1.165, 1.54) is 20.8 Å². The number of aliphatic hydroxyl groups excluding tert-OH is 1. The Morgan fingerprint density at radius 3 is 1.63 bits per heavy atom. The van der Waals surface area contributed by atoms with E-state index in [0.717, 1.165) is 11.1 Å². The van der Waals surface area contributed by atoms with Crippen molar-refractivity contribution in [3.8, 4) is 0 Å². The first kappa shape index (κ1) is 36.7. The third-order valence-corrected chi connectivity index (χ3v) is 5.56. The minimum absolute atomic E-state index is 0.181. The average Bonchev–Trinajstić information content (AvgIpc) is 3.00. The van der Waals surface area contributed by atoms with E-state index in [-0.39, 0.29) is 25.0 Å². The first-order valence-corrected chi connectivity index (χ1v) is 14.0. The zero-order chi connectivity index (χ0) is 32.0. The fraction of sp³-hybridized carbons (Fsp3) is 0.452. The number of benzene rings is 2. The molecule has 12 heteroatoms. The van der Waals surface area contributed by atoms with E-state index in [9.17, 15) is 24.0 Å². The Labute approximate surface area is 251 Å². The number of aliphatic hydroxyl groups is 1. The molecule has 0 aliphatic carbocycles. The smallest absolute Gasteiger partial charge is 0.347 e. The van der Waals surface area contributed by atoms with Crippen molar-refractivity contribution < 1.29 is 48.0 Å². The second-order valence-electron chi connectivity index (χ2n) is 9.41. The van der Waals surface area contributed by atoms with Crippen molar-refractivity contribution in [2.24, 2.45) is 5.73 Å². The lowest BCUT2D eigenvalue weighted by Crippen LogP contribution is -2.40. The van der Waals surface area contributed by atoms with Crippen LogP contribution >= 0.6 is 0 Å².